The minimum atomic E-state index is -0.523. The fourth-order valence-corrected chi connectivity index (χ4v) is 1.81. The highest BCUT2D eigenvalue weighted by Gasteiger charge is 2.31. The zero-order valence-corrected chi connectivity index (χ0v) is 12.2. The molecule has 3 heteroatoms. The summed E-state index contributed by atoms with van der Waals surface area (Å²) in [5, 5.41) is 0. The second kappa shape index (κ2) is 6.79. The van der Waals surface area contributed by atoms with Gasteiger partial charge in [0, 0.05) is 18.1 Å². The van der Waals surface area contributed by atoms with Crippen LogP contribution < -0.4 is 4.90 Å². The summed E-state index contributed by atoms with van der Waals surface area (Å²) < 4.78 is 0. The molecule has 0 spiro atoms. The number of hydrogen-bond donors (Lipinski definition) is 0. The summed E-state index contributed by atoms with van der Waals surface area (Å²) in [5.41, 5.74) is 0.430. The number of carbonyl (C=O) groups is 1. The number of anilines is 1. The molecule has 0 N–H and O–H groups in total. The summed E-state index contributed by atoms with van der Waals surface area (Å²) in [6.45, 7) is 6.66. The second-order valence-electron chi connectivity index (χ2n) is 5.16. The Kier molecular flexibility index (Phi) is 5.67. The van der Waals surface area contributed by atoms with E-state index in [0.29, 0.717) is 5.88 Å². The molecular weight excluding hydrogens is 246 g/mol. The average molecular weight is 268 g/mol. The molecular formula is C15H22ClNO. The van der Waals surface area contributed by atoms with E-state index in [0.717, 1.165) is 25.1 Å². The number of hydrogen-bond acceptors (Lipinski definition) is 1. The highest BCUT2D eigenvalue weighted by atomic mass is 35.5. The van der Waals surface area contributed by atoms with Crippen molar-refractivity contribution in [2.75, 3.05) is 17.3 Å². The molecule has 0 bridgehead atoms. The minimum Gasteiger partial charge on any atom is -0.312 e. The van der Waals surface area contributed by atoms with E-state index in [1.807, 2.05) is 49.1 Å². The molecule has 0 heterocycles. The van der Waals surface area contributed by atoms with Gasteiger partial charge in [0.1, 0.15) is 0 Å². The van der Waals surface area contributed by atoms with Crippen molar-refractivity contribution in [1.82, 2.24) is 0 Å². The van der Waals surface area contributed by atoms with E-state index < -0.39 is 5.41 Å². The van der Waals surface area contributed by atoms with Crippen molar-refractivity contribution in [3.8, 4) is 0 Å². The van der Waals surface area contributed by atoms with Crippen LogP contribution in [0.1, 0.15) is 33.6 Å². The van der Waals surface area contributed by atoms with Crippen LogP contribution in [-0.2, 0) is 4.79 Å². The van der Waals surface area contributed by atoms with Crippen LogP contribution in [0.2, 0.25) is 0 Å². The summed E-state index contributed by atoms with van der Waals surface area (Å²) in [7, 11) is 0. The first kappa shape index (κ1) is 15.0. The molecule has 1 aromatic carbocycles. The van der Waals surface area contributed by atoms with Crippen LogP contribution in [0.15, 0.2) is 30.3 Å². The predicted octanol–water partition coefficient (Wildman–Crippen LogP) is 4.08. The van der Waals surface area contributed by atoms with Crippen LogP contribution in [-0.4, -0.2) is 18.3 Å². The lowest BCUT2D eigenvalue weighted by atomic mass is 9.94. The van der Waals surface area contributed by atoms with Crippen molar-refractivity contribution in [3.63, 3.8) is 0 Å². The summed E-state index contributed by atoms with van der Waals surface area (Å²) in [6.07, 6.45) is 2.07. The van der Waals surface area contributed by atoms with Crippen molar-refractivity contribution in [2.45, 2.75) is 33.6 Å². The fraction of sp³-hybridized carbons (Fsp3) is 0.533. The van der Waals surface area contributed by atoms with Gasteiger partial charge in [0.25, 0.3) is 0 Å². The fourth-order valence-electron chi connectivity index (χ4n) is 1.69. The SMILES string of the molecule is CCCCN(C(=O)C(C)(C)CCl)c1ccccc1. The van der Waals surface area contributed by atoms with E-state index in [1.165, 1.54) is 0 Å². The molecule has 0 aliphatic heterocycles. The van der Waals surface area contributed by atoms with Gasteiger partial charge in [-0.1, -0.05) is 31.5 Å². The van der Waals surface area contributed by atoms with E-state index >= 15 is 0 Å². The molecule has 0 aromatic heterocycles. The maximum absolute atomic E-state index is 12.5. The molecule has 0 radical (unpaired) electrons. The number of alkyl halides is 1. The first-order valence-corrected chi connectivity index (χ1v) is 6.99. The van der Waals surface area contributed by atoms with Crippen molar-refractivity contribution < 1.29 is 4.79 Å². The minimum absolute atomic E-state index is 0.0946. The molecule has 18 heavy (non-hydrogen) atoms. The van der Waals surface area contributed by atoms with Gasteiger partial charge in [0.2, 0.25) is 5.91 Å². The molecule has 1 amide bonds. The van der Waals surface area contributed by atoms with Crippen molar-refractivity contribution >= 4 is 23.2 Å². The quantitative estimate of drug-likeness (QED) is 0.711. The van der Waals surface area contributed by atoms with Crippen LogP contribution in [0, 0.1) is 5.41 Å². The van der Waals surface area contributed by atoms with E-state index in [9.17, 15) is 4.79 Å². The molecule has 0 atom stereocenters. The van der Waals surface area contributed by atoms with E-state index in [-0.39, 0.29) is 5.91 Å². The van der Waals surface area contributed by atoms with Crippen LogP contribution in [0.5, 0.6) is 0 Å². The molecule has 0 aliphatic rings. The maximum atomic E-state index is 12.5. The molecule has 0 saturated heterocycles. The Morgan fingerprint density at radius 2 is 1.89 bits per heavy atom. The van der Waals surface area contributed by atoms with Crippen molar-refractivity contribution in [2.24, 2.45) is 5.41 Å². The van der Waals surface area contributed by atoms with Gasteiger partial charge in [0.05, 0.1) is 5.41 Å². The molecule has 1 aromatic rings. The predicted molar refractivity (Wildman–Crippen MR) is 78.2 cm³/mol. The normalized spacial score (nSPS) is 11.3. The number of amides is 1. The zero-order chi connectivity index (χ0) is 13.6. The van der Waals surface area contributed by atoms with Gasteiger partial charge in [-0.15, -0.1) is 11.6 Å². The number of rotatable bonds is 6. The first-order valence-electron chi connectivity index (χ1n) is 6.46. The molecule has 0 fully saturated rings. The number of carbonyl (C=O) groups excluding carboxylic acids is 1. The lowest BCUT2D eigenvalue weighted by molar-refractivity contribution is -0.125. The summed E-state index contributed by atoms with van der Waals surface area (Å²) in [4.78, 5) is 14.4. The van der Waals surface area contributed by atoms with Gasteiger partial charge in [-0.2, -0.15) is 0 Å². The maximum Gasteiger partial charge on any atom is 0.233 e. The Hall–Kier alpha value is -1.02. The standard InChI is InChI=1S/C15H22ClNO/c1-4-5-11-17(13-9-7-6-8-10-13)14(18)15(2,3)12-16/h6-10H,4-5,11-12H2,1-3H3. The van der Waals surface area contributed by atoms with Crippen LogP contribution in [0.4, 0.5) is 5.69 Å². The molecule has 0 aliphatic carbocycles. The average Bonchev–Trinajstić information content (AvgIpc) is 2.40. The summed E-state index contributed by atoms with van der Waals surface area (Å²) >= 11 is 5.91. The largest absolute Gasteiger partial charge is 0.312 e. The van der Waals surface area contributed by atoms with Crippen LogP contribution in [0.3, 0.4) is 0 Å². The molecule has 100 valence electrons. The summed E-state index contributed by atoms with van der Waals surface area (Å²) in [5.74, 6) is 0.429. The highest BCUT2D eigenvalue weighted by molar-refractivity contribution is 6.20. The van der Waals surface area contributed by atoms with Gasteiger partial charge in [-0.3, -0.25) is 4.79 Å². The zero-order valence-electron chi connectivity index (χ0n) is 11.4. The monoisotopic (exact) mass is 267 g/mol. The van der Waals surface area contributed by atoms with E-state index in [1.54, 1.807) is 0 Å². The third kappa shape index (κ3) is 3.74. The Balaban J connectivity index is 2.95. The van der Waals surface area contributed by atoms with Crippen molar-refractivity contribution in [1.29, 1.82) is 0 Å². The Morgan fingerprint density at radius 1 is 1.28 bits per heavy atom. The van der Waals surface area contributed by atoms with E-state index in [2.05, 4.69) is 6.92 Å². The van der Waals surface area contributed by atoms with E-state index in [4.69, 9.17) is 11.6 Å². The Labute approximate surface area is 115 Å². The number of unbranched alkanes of at least 4 members (excludes halogenated alkanes) is 1. The number of halogens is 1. The second-order valence-corrected chi connectivity index (χ2v) is 5.43. The summed E-state index contributed by atoms with van der Waals surface area (Å²) in [6, 6.07) is 9.80. The third-order valence-electron chi connectivity index (χ3n) is 2.96. The topological polar surface area (TPSA) is 20.3 Å². The van der Waals surface area contributed by atoms with Crippen LogP contribution >= 0.6 is 11.6 Å². The number of para-hydroxylation sites is 1. The van der Waals surface area contributed by atoms with Crippen molar-refractivity contribution in [3.05, 3.63) is 30.3 Å². The molecule has 1 rings (SSSR count). The van der Waals surface area contributed by atoms with Gasteiger partial charge in [-0.05, 0) is 32.4 Å². The van der Waals surface area contributed by atoms with Gasteiger partial charge in [-0.25, -0.2) is 0 Å². The number of benzene rings is 1. The molecule has 0 saturated carbocycles. The van der Waals surface area contributed by atoms with Gasteiger partial charge < -0.3 is 4.90 Å². The lowest BCUT2D eigenvalue weighted by Crippen LogP contribution is -2.42. The molecule has 0 unspecified atom stereocenters. The molecule has 2 nitrogen and oxygen atoms in total. The van der Waals surface area contributed by atoms with Crippen LogP contribution in [0.25, 0.3) is 0 Å². The Morgan fingerprint density at radius 3 is 2.39 bits per heavy atom. The number of nitrogens with zero attached hydrogens (tertiary/aromatic N) is 1. The third-order valence-corrected chi connectivity index (χ3v) is 3.63. The lowest BCUT2D eigenvalue weighted by Gasteiger charge is -2.30. The first-order chi connectivity index (χ1) is 8.53. The van der Waals surface area contributed by atoms with Gasteiger partial charge >= 0.3 is 0 Å². The Bertz CT molecular complexity index is 375. The smallest absolute Gasteiger partial charge is 0.233 e. The highest BCUT2D eigenvalue weighted by Crippen LogP contribution is 2.25. The van der Waals surface area contributed by atoms with Gasteiger partial charge in [0.15, 0.2) is 0 Å².